The molecular formula is C13H15ClN2O. The van der Waals surface area contributed by atoms with Crippen LogP contribution in [0.3, 0.4) is 0 Å². The van der Waals surface area contributed by atoms with Crippen molar-refractivity contribution in [3.63, 3.8) is 0 Å². The summed E-state index contributed by atoms with van der Waals surface area (Å²) >= 11 is 5.69. The van der Waals surface area contributed by atoms with E-state index in [1.807, 2.05) is 24.1 Å². The quantitative estimate of drug-likeness (QED) is 0.780. The number of aryl methyl sites for hydroxylation is 1. The molecule has 17 heavy (non-hydrogen) atoms. The van der Waals surface area contributed by atoms with E-state index in [1.54, 1.807) is 6.26 Å². The number of halogens is 1. The zero-order valence-corrected chi connectivity index (χ0v) is 10.7. The first-order chi connectivity index (χ1) is 8.20. The molecule has 4 heteroatoms. The van der Waals surface area contributed by atoms with Gasteiger partial charge in [0, 0.05) is 13.6 Å². The van der Waals surface area contributed by atoms with Gasteiger partial charge in [-0.15, -0.1) is 11.6 Å². The van der Waals surface area contributed by atoms with Gasteiger partial charge in [0.15, 0.2) is 0 Å². The highest BCUT2D eigenvalue weighted by Crippen LogP contribution is 2.17. The Morgan fingerprint density at radius 1 is 1.35 bits per heavy atom. The van der Waals surface area contributed by atoms with E-state index < -0.39 is 0 Å². The molecule has 3 nitrogen and oxygen atoms in total. The van der Waals surface area contributed by atoms with Crippen molar-refractivity contribution in [3.05, 3.63) is 47.3 Å². The Kier molecular flexibility index (Phi) is 3.69. The molecule has 0 saturated carbocycles. The van der Waals surface area contributed by atoms with Gasteiger partial charge in [0.1, 0.15) is 6.26 Å². The van der Waals surface area contributed by atoms with Crippen LogP contribution < -0.4 is 4.90 Å². The molecule has 0 bridgehead atoms. The van der Waals surface area contributed by atoms with Gasteiger partial charge >= 0.3 is 0 Å². The van der Waals surface area contributed by atoms with Crippen molar-refractivity contribution < 1.29 is 4.42 Å². The van der Waals surface area contributed by atoms with Crippen molar-refractivity contribution in [1.29, 1.82) is 0 Å². The second-order valence-electron chi connectivity index (χ2n) is 4.04. The minimum atomic E-state index is 0.377. The summed E-state index contributed by atoms with van der Waals surface area (Å²) in [5.74, 6) is 0.377. The van der Waals surface area contributed by atoms with Crippen molar-refractivity contribution in [2.75, 3.05) is 11.9 Å². The summed E-state index contributed by atoms with van der Waals surface area (Å²) in [4.78, 5) is 6.25. The molecule has 0 fully saturated rings. The Balaban J connectivity index is 2.11. The maximum Gasteiger partial charge on any atom is 0.297 e. The Morgan fingerprint density at radius 2 is 2.12 bits per heavy atom. The molecule has 1 aromatic carbocycles. The molecule has 1 heterocycles. The van der Waals surface area contributed by atoms with E-state index >= 15 is 0 Å². The fourth-order valence-corrected chi connectivity index (χ4v) is 1.77. The van der Waals surface area contributed by atoms with Gasteiger partial charge in [0.25, 0.3) is 6.01 Å². The van der Waals surface area contributed by atoms with Crippen molar-refractivity contribution in [2.24, 2.45) is 0 Å². The van der Waals surface area contributed by atoms with Gasteiger partial charge in [0.2, 0.25) is 0 Å². The number of hydrogen-bond acceptors (Lipinski definition) is 3. The number of aromatic nitrogens is 1. The molecule has 0 saturated heterocycles. The Labute approximate surface area is 106 Å². The fourth-order valence-electron chi connectivity index (χ4n) is 1.64. The van der Waals surface area contributed by atoms with Crippen LogP contribution in [0.1, 0.15) is 16.8 Å². The molecular weight excluding hydrogens is 236 g/mol. The van der Waals surface area contributed by atoms with E-state index in [2.05, 4.69) is 24.0 Å². The van der Waals surface area contributed by atoms with Crippen LogP contribution in [0.25, 0.3) is 0 Å². The number of rotatable bonds is 4. The van der Waals surface area contributed by atoms with Crippen LogP contribution in [0.2, 0.25) is 0 Å². The first kappa shape index (κ1) is 12.0. The van der Waals surface area contributed by atoms with Crippen molar-refractivity contribution in [1.82, 2.24) is 4.98 Å². The Bertz CT molecular complexity index is 496. The molecule has 0 aliphatic rings. The lowest BCUT2D eigenvalue weighted by Crippen LogP contribution is -2.17. The van der Waals surface area contributed by atoms with Gasteiger partial charge in [-0.2, -0.15) is 4.98 Å². The zero-order valence-electron chi connectivity index (χ0n) is 9.98. The van der Waals surface area contributed by atoms with E-state index in [0.29, 0.717) is 11.9 Å². The second kappa shape index (κ2) is 5.23. The molecule has 0 aliphatic heterocycles. The van der Waals surface area contributed by atoms with Gasteiger partial charge in [-0.3, -0.25) is 0 Å². The summed E-state index contributed by atoms with van der Waals surface area (Å²) < 4.78 is 5.36. The fraction of sp³-hybridized carbons (Fsp3) is 0.308. The molecule has 0 radical (unpaired) electrons. The molecule has 0 amide bonds. The first-order valence-corrected chi connectivity index (χ1v) is 6.00. The topological polar surface area (TPSA) is 29.3 Å². The minimum Gasteiger partial charge on any atom is -0.432 e. The molecule has 0 unspecified atom stereocenters. The average Bonchev–Trinajstić information content (AvgIpc) is 2.81. The smallest absolute Gasteiger partial charge is 0.297 e. The largest absolute Gasteiger partial charge is 0.432 e. The van der Waals surface area contributed by atoms with Crippen LogP contribution in [0.4, 0.5) is 6.01 Å². The van der Waals surface area contributed by atoms with E-state index in [0.717, 1.165) is 12.2 Å². The zero-order chi connectivity index (χ0) is 12.3. The monoisotopic (exact) mass is 250 g/mol. The minimum absolute atomic E-state index is 0.377. The molecule has 2 aromatic rings. The lowest BCUT2D eigenvalue weighted by atomic mass is 10.1. The van der Waals surface area contributed by atoms with Crippen molar-refractivity contribution in [2.45, 2.75) is 19.3 Å². The van der Waals surface area contributed by atoms with Crippen molar-refractivity contribution in [3.8, 4) is 0 Å². The molecule has 90 valence electrons. The molecule has 2 rings (SSSR count). The highest BCUT2D eigenvalue weighted by molar-refractivity contribution is 6.16. The van der Waals surface area contributed by atoms with E-state index in [4.69, 9.17) is 16.0 Å². The highest BCUT2D eigenvalue weighted by Gasteiger charge is 2.09. The third-order valence-electron chi connectivity index (χ3n) is 2.67. The summed E-state index contributed by atoms with van der Waals surface area (Å²) in [6.45, 7) is 2.87. The van der Waals surface area contributed by atoms with Gasteiger partial charge in [-0.1, -0.05) is 24.3 Å². The summed E-state index contributed by atoms with van der Waals surface area (Å²) in [6, 6.07) is 8.88. The number of benzene rings is 1. The second-order valence-corrected chi connectivity index (χ2v) is 4.30. The molecule has 0 spiro atoms. The number of anilines is 1. The molecule has 0 atom stereocenters. The maximum absolute atomic E-state index is 5.69. The number of alkyl halides is 1. The third kappa shape index (κ3) is 2.80. The molecule has 0 N–H and O–H groups in total. The Hall–Kier alpha value is -1.48. The molecule has 0 aliphatic carbocycles. The number of oxazole rings is 1. The highest BCUT2D eigenvalue weighted by atomic mass is 35.5. The summed E-state index contributed by atoms with van der Waals surface area (Å²) in [6.07, 6.45) is 1.59. The standard InChI is InChI=1S/C13H15ClN2O/c1-10-5-3-4-6-11(10)8-16(2)13-15-12(7-14)9-17-13/h3-6,9H,7-8H2,1-2H3. The summed E-state index contributed by atoms with van der Waals surface area (Å²) in [7, 11) is 1.95. The van der Waals surface area contributed by atoms with Crippen LogP contribution in [0.15, 0.2) is 34.9 Å². The van der Waals surface area contributed by atoms with Gasteiger partial charge in [-0.25, -0.2) is 0 Å². The predicted octanol–water partition coefficient (Wildman–Crippen LogP) is 3.36. The number of hydrogen-bond donors (Lipinski definition) is 0. The van der Waals surface area contributed by atoms with Crippen LogP contribution in [0.5, 0.6) is 0 Å². The number of nitrogens with zero attached hydrogens (tertiary/aromatic N) is 2. The Morgan fingerprint density at radius 3 is 2.76 bits per heavy atom. The van der Waals surface area contributed by atoms with E-state index in [1.165, 1.54) is 11.1 Å². The van der Waals surface area contributed by atoms with Gasteiger partial charge in [0.05, 0.1) is 11.6 Å². The predicted molar refractivity (Wildman–Crippen MR) is 69.3 cm³/mol. The summed E-state index contributed by atoms with van der Waals surface area (Å²) in [5, 5.41) is 0. The third-order valence-corrected chi connectivity index (χ3v) is 2.95. The van der Waals surface area contributed by atoms with Crippen LogP contribution >= 0.6 is 11.6 Å². The van der Waals surface area contributed by atoms with E-state index in [-0.39, 0.29) is 0 Å². The average molecular weight is 251 g/mol. The molecule has 1 aromatic heterocycles. The summed E-state index contributed by atoms with van der Waals surface area (Å²) in [5.41, 5.74) is 3.29. The van der Waals surface area contributed by atoms with Crippen molar-refractivity contribution >= 4 is 17.6 Å². The van der Waals surface area contributed by atoms with Crippen LogP contribution in [0, 0.1) is 6.92 Å². The lowest BCUT2D eigenvalue weighted by Gasteiger charge is -2.15. The van der Waals surface area contributed by atoms with Gasteiger partial charge in [-0.05, 0) is 18.1 Å². The maximum atomic E-state index is 5.69. The lowest BCUT2D eigenvalue weighted by molar-refractivity contribution is 0.544. The normalized spacial score (nSPS) is 10.5. The first-order valence-electron chi connectivity index (χ1n) is 5.46. The SMILES string of the molecule is Cc1ccccc1CN(C)c1nc(CCl)co1. The van der Waals surface area contributed by atoms with Gasteiger partial charge < -0.3 is 9.32 Å². The van der Waals surface area contributed by atoms with Crippen LogP contribution in [-0.4, -0.2) is 12.0 Å². The van der Waals surface area contributed by atoms with E-state index in [9.17, 15) is 0 Å². The van der Waals surface area contributed by atoms with Crippen LogP contribution in [-0.2, 0) is 12.4 Å².